The minimum Gasteiger partial charge on any atom is -0.478 e. The standard InChI is InChI=1S/C12H10BrN3O4S/c1-7-10(11(17)18)6-14-12(15-7)16-21(19,20)9-4-2-8(13)3-5-9/h2-6H,1H3,(H,17,18)(H,14,15,16). The second-order valence-electron chi connectivity index (χ2n) is 4.06. The number of aromatic nitrogens is 2. The number of sulfonamides is 1. The van der Waals surface area contributed by atoms with Gasteiger partial charge in [-0.05, 0) is 31.2 Å². The fourth-order valence-corrected chi connectivity index (χ4v) is 2.73. The molecule has 0 saturated heterocycles. The van der Waals surface area contributed by atoms with Crippen LogP contribution in [-0.4, -0.2) is 29.5 Å². The fourth-order valence-electron chi connectivity index (χ4n) is 1.52. The average molecular weight is 372 g/mol. The molecule has 0 spiro atoms. The highest BCUT2D eigenvalue weighted by Crippen LogP contribution is 2.17. The lowest BCUT2D eigenvalue weighted by Crippen LogP contribution is -2.16. The van der Waals surface area contributed by atoms with E-state index in [4.69, 9.17) is 5.11 Å². The van der Waals surface area contributed by atoms with Gasteiger partial charge in [-0.1, -0.05) is 15.9 Å². The number of halogens is 1. The number of hydrogen-bond donors (Lipinski definition) is 2. The SMILES string of the molecule is Cc1nc(NS(=O)(=O)c2ccc(Br)cc2)ncc1C(=O)O. The van der Waals surface area contributed by atoms with Gasteiger partial charge in [0, 0.05) is 10.7 Å². The Balaban J connectivity index is 2.31. The van der Waals surface area contributed by atoms with E-state index in [2.05, 4.69) is 30.6 Å². The lowest BCUT2D eigenvalue weighted by Gasteiger charge is -2.08. The molecular weight excluding hydrogens is 362 g/mol. The van der Waals surface area contributed by atoms with Gasteiger partial charge in [-0.2, -0.15) is 0 Å². The summed E-state index contributed by atoms with van der Waals surface area (Å²) in [6.45, 7) is 1.46. The zero-order chi connectivity index (χ0) is 15.6. The monoisotopic (exact) mass is 371 g/mol. The molecule has 7 nitrogen and oxygen atoms in total. The Bertz CT molecular complexity index is 791. The first-order valence-electron chi connectivity index (χ1n) is 5.65. The third kappa shape index (κ3) is 3.56. The number of aryl methyl sites for hydroxylation is 1. The molecule has 0 saturated carbocycles. The van der Waals surface area contributed by atoms with E-state index in [1.165, 1.54) is 19.1 Å². The third-order valence-corrected chi connectivity index (χ3v) is 4.43. The average Bonchev–Trinajstić information content (AvgIpc) is 2.38. The van der Waals surface area contributed by atoms with Crippen LogP contribution < -0.4 is 4.72 Å². The molecule has 0 fully saturated rings. The van der Waals surface area contributed by atoms with Crippen LogP contribution in [0.15, 0.2) is 39.8 Å². The van der Waals surface area contributed by atoms with Crippen LogP contribution in [0.2, 0.25) is 0 Å². The molecule has 0 aliphatic rings. The van der Waals surface area contributed by atoms with E-state index < -0.39 is 16.0 Å². The molecule has 0 radical (unpaired) electrons. The first kappa shape index (κ1) is 15.4. The molecule has 2 rings (SSSR count). The Kier molecular flexibility index (Phi) is 4.24. The summed E-state index contributed by atoms with van der Waals surface area (Å²) in [6, 6.07) is 6.03. The van der Waals surface area contributed by atoms with E-state index in [1.54, 1.807) is 12.1 Å². The summed E-state index contributed by atoms with van der Waals surface area (Å²) in [5, 5.41) is 8.87. The van der Waals surface area contributed by atoms with Gasteiger partial charge in [0.05, 0.1) is 16.2 Å². The molecule has 110 valence electrons. The zero-order valence-corrected chi connectivity index (χ0v) is 13.1. The van der Waals surface area contributed by atoms with Gasteiger partial charge >= 0.3 is 5.97 Å². The quantitative estimate of drug-likeness (QED) is 0.850. The van der Waals surface area contributed by atoms with Gasteiger partial charge in [0.2, 0.25) is 5.95 Å². The van der Waals surface area contributed by atoms with Gasteiger partial charge < -0.3 is 5.11 Å². The molecule has 0 aliphatic heterocycles. The summed E-state index contributed by atoms with van der Waals surface area (Å²) in [5.41, 5.74) is 0.0904. The first-order chi connectivity index (χ1) is 9.79. The van der Waals surface area contributed by atoms with Crippen molar-refractivity contribution in [1.29, 1.82) is 0 Å². The number of hydrogen-bond acceptors (Lipinski definition) is 5. The van der Waals surface area contributed by atoms with Crippen molar-refractivity contribution in [3.8, 4) is 0 Å². The minimum atomic E-state index is -3.82. The molecule has 1 heterocycles. The molecule has 0 bridgehead atoms. The maximum atomic E-state index is 12.1. The first-order valence-corrected chi connectivity index (χ1v) is 7.92. The van der Waals surface area contributed by atoms with E-state index in [0.29, 0.717) is 0 Å². The predicted octanol–water partition coefficient (Wildman–Crippen LogP) is 2.05. The lowest BCUT2D eigenvalue weighted by atomic mass is 10.2. The Labute approximate surface area is 129 Å². The van der Waals surface area contributed by atoms with Crippen molar-refractivity contribution in [2.45, 2.75) is 11.8 Å². The van der Waals surface area contributed by atoms with Crippen molar-refractivity contribution in [1.82, 2.24) is 9.97 Å². The zero-order valence-electron chi connectivity index (χ0n) is 10.7. The molecule has 0 atom stereocenters. The summed E-state index contributed by atoms with van der Waals surface area (Å²) in [4.78, 5) is 18.4. The molecule has 1 aromatic carbocycles. The fraction of sp³-hybridized carbons (Fsp3) is 0.0833. The molecule has 2 N–H and O–H groups in total. The Hall–Kier alpha value is -2.00. The molecular formula is C12H10BrN3O4S. The number of carboxylic acid groups (broad SMARTS) is 1. The van der Waals surface area contributed by atoms with Crippen molar-refractivity contribution in [3.63, 3.8) is 0 Å². The second-order valence-corrected chi connectivity index (χ2v) is 6.66. The number of carboxylic acids is 1. The highest BCUT2D eigenvalue weighted by Gasteiger charge is 2.17. The van der Waals surface area contributed by atoms with Crippen LogP contribution in [0.4, 0.5) is 5.95 Å². The molecule has 0 aliphatic carbocycles. The van der Waals surface area contributed by atoms with E-state index >= 15 is 0 Å². The van der Waals surface area contributed by atoms with Crippen LogP contribution in [-0.2, 0) is 10.0 Å². The Morgan fingerprint density at radius 2 is 1.90 bits per heavy atom. The predicted molar refractivity (Wildman–Crippen MR) is 78.7 cm³/mol. The second kappa shape index (κ2) is 5.78. The molecule has 1 aromatic heterocycles. The van der Waals surface area contributed by atoms with Gasteiger partial charge in [0.25, 0.3) is 10.0 Å². The number of carbonyl (C=O) groups is 1. The number of benzene rings is 1. The van der Waals surface area contributed by atoms with Gasteiger partial charge in [-0.3, -0.25) is 0 Å². The van der Waals surface area contributed by atoms with Crippen LogP contribution in [0.25, 0.3) is 0 Å². The van der Waals surface area contributed by atoms with Crippen molar-refractivity contribution in [3.05, 3.63) is 46.2 Å². The van der Waals surface area contributed by atoms with Crippen molar-refractivity contribution in [2.24, 2.45) is 0 Å². The lowest BCUT2D eigenvalue weighted by molar-refractivity contribution is 0.0695. The van der Waals surface area contributed by atoms with E-state index in [1.807, 2.05) is 0 Å². The highest BCUT2D eigenvalue weighted by molar-refractivity contribution is 9.10. The van der Waals surface area contributed by atoms with E-state index in [-0.39, 0.29) is 22.1 Å². The maximum Gasteiger partial charge on any atom is 0.339 e. The number of nitrogens with one attached hydrogen (secondary N) is 1. The number of rotatable bonds is 4. The van der Waals surface area contributed by atoms with Crippen molar-refractivity contribution in [2.75, 3.05) is 4.72 Å². The topological polar surface area (TPSA) is 109 Å². The van der Waals surface area contributed by atoms with Crippen LogP contribution in [0, 0.1) is 6.92 Å². The van der Waals surface area contributed by atoms with Gasteiger partial charge in [-0.25, -0.2) is 27.9 Å². The summed E-state index contributed by atoms with van der Waals surface area (Å²) in [5.74, 6) is -1.35. The van der Waals surface area contributed by atoms with Crippen LogP contribution in [0.1, 0.15) is 16.1 Å². The van der Waals surface area contributed by atoms with Crippen LogP contribution in [0.3, 0.4) is 0 Å². The summed E-state index contributed by atoms with van der Waals surface area (Å²) in [6.07, 6.45) is 1.06. The number of nitrogens with zero attached hydrogens (tertiary/aromatic N) is 2. The summed E-state index contributed by atoms with van der Waals surface area (Å²) >= 11 is 3.21. The molecule has 2 aromatic rings. The number of anilines is 1. The van der Waals surface area contributed by atoms with Crippen molar-refractivity contribution >= 4 is 37.9 Å². The van der Waals surface area contributed by atoms with Gasteiger partial charge in [-0.15, -0.1) is 0 Å². The largest absolute Gasteiger partial charge is 0.478 e. The molecule has 21 heavy (non-hydrogen) atoms. The number of aromatic carboxylic acids is 1. The minimum absolute atomic E-state index is 0.0502. The van der Waals surface area contributed by atoms with Crippen LogP contribution in [0.5, 0.6) is 0 Å². The highest BCUT2D eigenvalue weighted by atomic mass is 79.9. The normalized spacial score (nSPS) is 11.1. The maximum absolute atomic E-state index is 12.1. The molecule has 0 unspecified atom stereocenters. The molecule has 0 amide bonds. The summed E-state index contributed by atoms with van der Waals surface area (Å²) in [7, 11) is -3.82. The van der Waals surface area contributed by atoms with Crippen molar-refractivity contribution < 1.29 is 18.3 Å². The van der Waals surface area contributed by atoms with E-state index in [0.717, 1.165) is 10.7 Å². The molecule has 9 heteroatoms. The smallest absolute Gasteiger partial charge is 0.339 e. The Morgan fingerprint density at radius 3 is 2.43 bits per heavy atom. The summed E-state index contributed by atoms with van der Waals surface area (Å²) < 4.78 is 27.2. The third-order valence-electron chi connectivity index (χ3n) is 2.56. The van der Waals surface area contributed by atoms with Gasteiger partial charge in [0.1, 0.15) is 0 Å². The van der Waals surface area contributed by atoms with Crippen LogP contribution >= 0.6 is 15.9 Å². The Morgan fingerprint density at radius 1 is 1.29 bits per heavy atom. The van der Waals surface area contributed by atoms with Gasteiger partial charge in [0.15, 0.2) is 0 Å². The van der Waals surface area contributed by atoms with E-state index in [9.17, 15) is 13.2 Å².